The number of benzene rings is 1. The molecule has 0 atom stereocenters. The maximum absolute atomic E-state index is 5.44. The van der Waals surface area contributed by atoms with E-state index < -0.39 is 0 Å². The second-order valence-electron chi connectivity index (χ2n) is 5.36. The van der Waals surface area contributed by atoms with Gasteiger partial charge in [-0.3, -0.25) is 0 Å². The third-order valence-corrected chi connectivity index (χ3v) is 4.03. The number of thiol groups is 1. The smallest absolute Gasteiger partial charge is 0.122 e. The van der Waals surface area contributed by atoms with Gasteiger partial charge in [-0.15, -0.1) is 0 Å². The number of methoxy groups -OCH3 is 1. The van der Waals surface area contributed by atoms with Crippen LogP contribution in [0.15, 0.2) is 18.2 Å². The van der Waals surface area contributed by atoms with Gasteiger partial charge in [0.05, 0.1) is 20.3 Å². The number of rotatable bonds is 5. The van der Waals surface area contributed by atoms with Crippen LogP contribution >= 0.6 is 12.6 Å². The zero-order valence-electron chi connectivity index (χ0n) is 11.4. The van der Waals surface area contributed by atoms with Crippen LogP contribution in [0, 0.1) is 0 Å². The van der Waals surface area contributed by atoms with E-state index in [4.69, 9.17) is 9.47 Å². The summed E-state index contributed by atoms with van der Waals surface area (Å²) in [4.78, 5) is 0. The van der Waals surface area contributed by atoms with Crippen LogP contribution in [0.4, 0.5) is 0 Å². The minimum atomic E-state index is 0.178. The summed E-state index contributed by atoms with van der Waals surface area (Å²) in [5, 5.41) is 0. The SMILES string of the molecule is COc1ccc(C2(CCS)COC2)cc1C(C)C. The van der Waals surface area contributed by atoms with E-state index >= 15 is 0 Å². The van der Waals surface area contributed by atoms with Gasteiger partial charge in [-0.05, 0) is 35.3 Å². The second-order valence-corrected chi connectivity index (χ2v) is 5.81. The summed E-state index contributed by atoms with van der Waals surface area (Å²) in [5.74, 6) is 2.34. The Morgan fingerprint density at radius 1 is 1.39 bits per heavy atom. The lowest BCUT2D eigenvalue weighted by molar-refractivity contribution is -0.0614. The summed E-state index contributed by atoms with van der Waals surface area (Å²) in [6, 6.07) is 6.55. The van der Waals surface area contributed by atoms with E-state index in [-0.39, 0.29) is 5.41 Å². The lowest BCUT2D eigenvalue weighted by Crippen LogP contribution is -2.47. The van der Waals surface area contributed by atoms with Gasteiger partial charge in [-0.1, -0.05) is 26.0 Å². The number of hydrogen-bond donors (Lipinski definition) is 1. The van der Waals surface area contributed by atoms with Crippen molar-refractivity contribution in [1.29, 1.82) is 0 Å². The molecule has 0 aromatic heterocycles. The number of hydrogen-bond acceptors (Lipinski definition) is 3. The van der Waals surface area contributed by atoms with E-state index in [2.05, 4.69) is 44.7 Å². The standard InChI is InChI=1S/C15H22O2S/c1-11(2)13-8-12(4-5-14(13)16-3)15(6-7-18)9-17-10-15/h4-5,8,11,18H,6-7,9-10H2,1-3H3. The van der Waals surface area contributed by atoms with Crippen molar-refractivity contribution in [3.63, 3.8) is 0 Å². The van der Waals surface area contributed by atoms with Crippen LogP contribution < -0.4 is 4.74 Å². The van der Waals surface area contributed by atoms with Gasteiger partial charge in [0.25, 0.3) is 0 Å². The Bertz CT molecular complexity index is 411. The van der Waals surface area contributed by atoms with Crippen LogP contribution in [0.5, 0.6) is 5.75 Å². The lowest BCUT2D eigenvalue weighted by atomic mass is 9.75. The number of ether oxygens (including phenoxy) is 2. The molecule has 0 radical (unpaired) electrons. The Balaban J connectivity index is 2.36. The van der Waals surface area contributed by atoms with Crippen molar-refractivity contribution in [3.05, 3.63) is 29.3 Å². The Hall–Kier alpha value is -0.670. The molecule has 0 spiro atoms. The van der Waals surface area contributed by atoms with Gasteiger partial charge in [0.2, 0.25) is 0 Å². The summed E-state index contributed by atoms with van der Waals surface area (Å²) in [5.41, 5.74) is 2.82. The molecule has 0 bridgehead atoms. The first-order valence-electron chi connectivity index (χ1n) is 6.50. The van der Waals surface area contributed by atoms with Crippen LogP contribution in [-0.2, 0) is 10.2 Å². The zero-order chi connectivity index (χ0) is 13.2. The van der Waals surface area contributed by atoms with Crippen molar-refractivity contribution in [2.75, 3.05) is 26.1 Å². The van der Waals surface area contributed by atoms with Gasteiger partial charge >= 0.3 is 0 Å². The molecule has 0 unspecified atom stereocenters. The van der Waals surface area contributed by atoms with Crippen molar-refractivity contribution < 1.29 is 9.47 Å². The third kappa shape index (κ3) is 2.39. The topological polar surface area (TPSA) is 18.5 Å². The first-order chi connectivity index (χ1) is 8.63. The maximum atomic E-state index is 5.44. The lowest BCUT2D eigenvalue weighted by Gasteiger charge is -2.42. The highest BCUT2D eigenvalue weighted by Gasteiger charge is 2.39. The molecule has 0 amide bonds. The van der Waals surface area contributed by atoms with E-state index in [1.165, 1.54) is 11.1 Å². The molecule has 1 aliphatic rings. The van der Waals surface area contributed by atoms with Gasteiger partial charge in [-0.2, -0.15) is 12.6 Å². The van der Waals surface area contributed by atoms with Crippen molar-refractivity contribution in [2.24, 2.45) is 0 Å². The third-order valence-electron chi connectivity index (χ3n) is 3.81. The van der Waals surface area contributed by atoms with Gasteiger partial charge in [0.15, 0.2) is 0 Å². The fourth-order valence-corrected chi connectivity index (χ4v) is 2.96. The highest BCUT2D eigenvalue weighted by molar-refractivity contribution is 7.80. The molecular formula is C15H22O2S. The normalized spacial score (nSPS) is 17.6. The van der Waals surface area contributed by atoms with E-state index in [1.807, 2.05) is 0 Å². The van der Waals surface area contributed by atoms with Crippen LogP contribution in [0.3, 0.4) is 0 Å². The van der Waals surface area contributed by atoms with Gasteiger partial charge in [-0.25, -0.2) is 0 Å². The summed E-state index contributed by atoms with van der Waals surface area (Å²) >= 11 is 4.38. The molecule has 1 fully saturated rings. The molecule has 0 saturated carbocycles. The van der Waals surface area contributed by atoms with Gasteiger partial charge < -0.3 is 9.47 Å². The molecule has 2 rings (SSSR count). The Morgan fingerprint density at radius 3 is 2.56 bits per heavy atom. The molecule has 3 heteroatoms. The molecule has 0 N–H and O–H groups in total. The molecule has 1 heterocycles. The minimum Gasteiger partial charge on any atom is -0.496 e. The van der Waals surface area contributed by atoms with Crippen molar-refractivity contribution in [2.45, 2.75) is 31.6 Å². The average molecular weight is 266 g/mol. The van der Waals surface area contributed by atoms with E-state index in [0.717, 1.165) is 31.1 Å². The highest BCUT2D eigenvalue weighted by Crippen LogP contribution is 2.39. The van der Waals surface area contributed by atoms with Crippen molar-refractivity contribution in [1.82, 2.24) is 0 Å². The van der Waals surface area contributed by atoms with Gasteiger partial charge in [0.1, 0.15) is 5.75 Å². The first kappa shape index (κ1) is 13.8. The van der Waals surface area contributed by atoms with E-state index in [1.54, 1.807) is 7.11 Å². The maximum Gasteiger partial charge on any atom is 0.122 e. The molecule has 1 saturated heterocycles. The fourth-order valence-electron chi connectivity index (χ4n) is 2.53. The van der Waals surface area contributed by atoms with Crippen molar-refractivity contribution >= 4 is 12.6 Å². The van der Waals surface area contributed by atoms with Crippen molar-refractivity contribution in [3.8, 4) is 5.75 Å². The van der Waals surface area contributed by atoms with Crippen LogP contribution in [0.1, 0.15) is 37.3 Å². The largest absolute Gasteiger partial charge is 0.496 e. The van der Waals surface area contributed by atoms with Crippen LogP contribution in [0.2, 0.25) is 0 Å². The molecule has 0 aliphatic carbocycles. The molecule has 1 aliphatic heterocycles. The quantitative estimate of drug-likeness (QED) is 0.823. The highest BCUT2D eigenvalue weighted by atomic mass is 32.1. The van der Waals surface area contributed by atoms with E-state index in [9.17, 15) is 0 Å². The molecule has 2 nitrogen and oxygen atoms in total. The summed E-state index contributed by atoms with van der Waals surface area (Å²) in [6.45, 7) is 6.03. The van der Waals surface area contributed by atoms with Crippen LogP contribution in [0.25, 0.3) is 0 Å². The molecular weight excluding hydrogens is 244 g/mol. The second kappa shape index (κ2) is 5.54. The summed E-state index contributed by atoms with van der Waals surface area (Å²) in [6.07, 6.45) is 1.07. The minimum absolute atomic E-state index is 0.178. The molecule has 100 valence electrons. The molecule has 1 aromatic rings. The Kier molecular flexibility index (Phi) is 4.23. The van der Waals surface area contributed by atoms with Gasteiger partial charge in [0, 0.05) is 5.41 Å². The molecule has 18 heavy (non-hydrogen) atoms. The Morgan fingerprint density at radius 2 is 2.11 bits per heavy atom. The van der Waals surface area contributed by atoms with E-state index in [0.29, 0.717) is 5.92 Å². The van der Waals surface area contributed by atoms with Crippen LogP contribution in [-0.4, -0.2) is 26.1 Å². The fraction of sp³-hybridized carbons (Fsp3) is 0.600. The zero-order valence-corrected chi connectivity index (χ0v) is 12.3. The predicted molar refractivity (Wildman–Crippen MR) is 78.1 cm³/mol. The molecule has 1 aromatic carbocycles. The average Bonchev–Trinajstić information content (AvgIpc) is 2.33. The summed E-state index contributed by atoms with van der Waals surface area (Å²) < 4.78 is 10.9. The predicted octanol–water partition coefficient (Wildman–Crippen LogP) is 3.41. The first-order valence-corrected chi connectivity index (χ1v) is 7.13. The summed E-state index contributed by atoms with van der Waals surface area (Å²) in [7, 11) is 1.73. The Labute approximate surface area is 115 Å². The monoisotopic (exact) mass is 266 g/mol.